The number of aromatic nitrogens is 2. The third kappa shape index (κ3) is 9.88. The molecule has 1 aromatic heterocycles. The van der Waals surface area contributed by atoms with E-state index >= 15 is 0 Å². The Hall–Kier alpha value is -4.83. The zero-order chi connectivity index (χ0) is 40.8. The molecule has 312 valence electrons. The average Bonchev–Trinajstić information content (AvgIpc) is 3.25. The minimum Gasteiger partial charge on any atom is -0.375 e. The highest BCUT2D eigenvalue weighted by molar-refractivity contribution is 5.95. The van der Waals surface area contributed by atoms with Crippen LogP contribution < -0.4 is 10.9 Å². The van der Waals surface area contributed by atoms with Crippen molar-refractivity contribution < 1.29 is 37.1 Å². The Morgan fingerprint density at radius 3 is 2.10 bits per heavy atom. The molecule has 58 heavy (non-hydrogen) atoms. The first-order valence-corrected chi connectivity index (χ1v) is 20.6. The Labute approximate surface area is 335 Å². The van der Waals surface area contributed by atoms with E-state index in [4.69, 9.17) is 4.74 Å². The van der Waals surface area contributed by atoms with Crippen LogP contribution in [-0.2, 0) is 25.5 Å². The number of piperidine rings is 2. The second-order valence-electron chi connectivity index (χ2n) is 16.0. The summed E-state index contributed by atoms with van der Waals surface area (Å²) in [7, 11) is 0. The van der Waals surface area contributed by atoms with Crippen LogP contribution in [0.4, 0.5) is 13.2 Å². The first-order chi connectivity index (χ1) is 28.0. The maximum absolute atomic E-state index is 15.0. The van der Waals surface area contributed by atoms with Crippen LogP contribution in [0.5, 0.6) is 0 Å². The van der Waals surface area contributed by atoms with Crippen LogP contribution in [0.2, 0.25) is 0 Å². The number of nitrogens with zero attached hydrogens (tertiary/aromatic N) is 5. The van der Waals surface area contributed by atoms with E-state index < -0.39 is 30.1 Å². The molecule has 2 N–H and O–H groups in total. The topological polar surface area (TPSA) is 148 Å². The van der Waals surface area contributed by atoms with Gasteiger partial charge in [0, 0.05) is 64.2 Å². The fourth-order valence-electron chi connectivity index (χ4n) is 8.92. The quantitative estimate of drug-likeness (QED) is 0.298. The van der Waals surface area contributed by atoms with Crippen molar-refractivity contribution in [1.29, 1.82) is 0 Å². The summed E-state index contributed by atoms with van der Waals surface area (Å²) >= 11 is 0. The highest BCUT2D eigenvalue weighted by atomic mass is 19.3. The molecular weight excluding hydrogens is 755 g/mol. The normalized spacial score (nSPS) is 19.8. The zero-order valence-electron chi connectivity index (χ0n) is 32.7. The van der Waals surface area contributed by atoms with Crippen molar-refractivity contribution in [2.24, 2.45) is 5.92 Å². The van der Waals surface area contributed by atoms with Crippen LogP contribution in [0.15, 0.2) is 47.3 Å². The van der Waals surface area contributed by atoms with Crippen molar-refractivity contribution in [3.8, 4) is 0 Å². The van der Waals surface area contributed by atoms with Gasteiger partial charge in [-0.2, -0.15) is 13.9 Å². The summed E-state index contributed by atoms with van der Waals surface area (Å²) < 4.78 is 47.6. The molecule has 4 heterocycles. The van der Waals surface area contributed by atoms with Gasteiger partial charge in [-0.15, -0.1) is 0 Å². The van der Waals surface area contributed by atoms with Gasteiger partial charge in [0.2, 0.25) is 11.8 Å². The van der Waals surface area contributed by atoms with Crippen molar-refractivity contribution in [3.05, 3.63) is 75.5 Å². The number of nitrogens with one attached hydrogen (secondary N) is 2. The third-order valence-corrected chi connectivity index (χ3v) is 12.2. The van der Waals surface area contributed by atoms with Gasteiger partial charge in [0.25, 0.3) is 17.4 Å². The van der Waals surface area contributed by atoms with E-state index in [1.165, 1.54) is 12.1 Å². The van der Waals surface area contributed by atoms with E-state index in [1.807, 2.05) is 12.1 Å². The van der Waals surface area contributed by atoms with Crippen molar-refractivity contribution >= 4 is 34.4 Å². The van der Waals surface area contributed by atoms with Gasteiger partial charge in [-0.1, -0.05) is 43.5 Å². The number of likely N-dealkylation sites (tertiary alicyclic amines) is 2. The fourth-order valence-corrected chi connectivity index (χ4v) is 8.92. The number of hydrogen-bond donors (Lipinski definition) is 2. The number of halogens is 3. The molecule has 3 aliphatic heterocycles. The molecule has 4 fully saturated rings. The molecule has 0 spiro atoms. The van der Waals surface area contributed by atoms with E-state index in [2.05, 4.69) is 20.4 Å². The van der Waals surface area contributed by atoms with Crippen molar-refractivity contribution in [3.63, 3.8) is 0 Å². The van der Waals surface area contributed by atoms with Crippen molar-refractivity contribution in [2.45, 2.75) is 88.9 Å². The monoisotopic (exact) mass is 807 g/mol. The van der Waals surface area contributed by atoms with Gasteiger partial charge in [-0.25, -0.2) is 9.49 Å². The molecule has 3 saturated heterocycles. The number of amides is 4. The minimum absolute atomic E-state index is 0.0198. The van der Waals surface area contributed by atoms with Gasteiger partial charge >= 0.3 is 6.43 Å². The molecule has 1 unspecified atom stereocenters. The maximum Gasteiger partial charge on any atom is 0.315 e. The molecule has 13 nitrogen and oxygen atoms in total. The maximum atomic E-state index is 15.0. The molecule has 2 aromatic carbocycles. The fraction of sp³-hybridized carbons (Fsp3) is 0.571. The number of aromatic amines is 1. The summed E-state index contributed by atoms with van der Waals surface area (Å²) in [6, 6.07) is 10.6. The lowest BCUT2D eigenvalue weighted by Gasteiger charge is -2.40. The summed E-state index contributed by atoms with van der Waals surface area (Å²) in [5.74, 6) is -2.89. The second-order valence-corrected chi connectivity index (χ2v) is 16.0. The van der Waals surface area contributed by atoms with Crippen LogP contribution in [0.3, 0.4) is 0 Å². The number of piperazine rings is 1. The molecule has 3 aromatic rings. The lowest BCUT2D eigenvalue weighted by Crippen LogP contribution is -2.55. The summed E-state index contributed by atoms with van der Waals surface area (Å²) in [5, 5.41) is 10.3. The van der Waals surface area contributed by atoms with Gasteiger partial charge in [0.1, 0.15) is 11.9 Å². The molecule has 7 rings (SSSR count). The molecule has 0 radical (unpaired) electrons. The number of carbonyl (C=O) groups is 4. The first-order valence-electron chi connectivity index (χ1n) is 20.6. The van der Waals surface area contributed by atoms with Crippen LogP contribution in [0.25, 0.3) is 10.8 Å². The van der Waals surface area contributed by atoms with Crippen LogP contribution >= 0.6 is 0 Å². The van der Waals surface area contributed by atoms with Gasteiger partial charge in [0.05, 0.1) is 35.4 Å². The number of alkyl halides is 2. The Morgan fingerprint density at radius 1 is 0.793 bits per heavy atom. The lowest BCUT2D eigenvalue weighted by molar-refractivity contribution is -0.144. The van der Waals surface area contributed by atoms with Crippen LogP contribution in [-0.4, -0.2) is 137 Å². The molecule has 1 aliphatic carbocycles. The Bertz CT molecular complexity index is 2000. The number of hydrogen-bond acceptors (Lipinski definition) is 8. The number of rotatable bonds is 11. The van der Waals surface area contributed by atoms with E-state index in [9.17, 15) is 37.1 Å². The summed E-state index contributed by atoms with van der Waals surface area (Å²) in [5.41, 5.74) is 0.948. The second kappa shape index (κ2) is 18.8. The Balaban J connectivity index is 0.829. The highest BCUT2D eigenvalue weighted by Crippen LogP contribution is 2.29. The Kier molecular flexibility index (Phi) is 13.4. The number of H-pyrrole nitrogens is 1. The summed E-state index contributed by atoms with van der Waals surface area (Å²) in [6.45, 7) is 3.79. The third-order valence-electron chi connectivity index (χ3n) is 12.2. The van der Waals surface area contributed by atoms with Gasteiger partial charge in [-0.3, -0.25) is 28.9 Å². The van der Waals surface area contributed by atoms with Crippen LogP contribution in [0, 0.1) is 11.7 Å². The van der Waals surface area contributed by atoms with E-state index in [0.29, 0.717) is 80.6 Å². The molecule has 1 saturated carbocycles. The number of fused-ring (bicyclic) bond motifs is 1. The Morgan fingerprint density at radius 2 is 1.43 bits per heavy atom. The molecular formula is C42H52F3N7O6. The molecule has 4 amide bonds. The smallest absolute Gasteiger partial charge is 0.315 e. The van der Waals surface area contributed by atoms with Crippen molar-refractivity contribution in [2.75, 3.05) is 58.9 Å². The van der Waals surface area contributed by atoms with E-state index in [1.54, 1.807) is 32.9 Å². The predicted octanol–water partition coefficient (Wildman–Crippen LogP) is 3.74. The molecule has 0 bridgehead atoms. The van der Waals surface area contributed by atoms with Gasteiger partial charge in [-0.05, 0) is 68.2 Å². The number of benzene rings is 2. The molecule has 16 heteroatoms. The predicted molar refractivity (Wildman–Crippen MR) is 209 cm³/mol. The SMILES string of the molecule is O=C(NC(C(=O)N1CCC(OC2CCN(CC(=O)N3CCN(C(=O)c4cc(Cc5n[nH]c(=O)c6ccccc56)ccc4F)CC3)CC2)CC1)C1CCCCC1)C(F)F. The average molecular weight is 808 g/mol. The highest BCUT2D eigenvalue weighted by Gasteiger charge is 2.37. The van der Waals surface area contributed by atoms with E-state index in [0.717, 1.165) is 44.9 Å². The lowest BCUT2D eigenvalue weighted by atomic mass is 9.83. The number of ether oxygens (including phenoxy) is 1. The minimum atomic E-state index is -3.16. The van der Waals surface area contributed by atoms with Gasteiger partial charge in [0.15, 0.2) is 0 Å². The molecule has 4 aliphatic rings. The van der Waals surface area contributed by atoms with Gasteiger partial charge < -0.3 is 24.8 Å². The number of carbonyl (C=O) groups excluding carboxylic acids is 4. The standard InChI is InChI=1S/C42H52F3N7O6/c43-34-11-10-27(25-35-31-8-4-5-9-32(31)39(54)48-47-35)24-33(34)41(56)52-22-20-50(21-23-52)36(53)26-49-16-12-29(13-17-49)58-30-14-18-51(19-15-30)42(57)37(46-40(55)38(44)45)28-6-2-1-3-7-28/h4-5,8-11,24,28-30,37-38H,1-3,6-7,12-23,25-26H2,(H,46,55)(H,48,54). The summed E-state index contributed by atoms with van der Waals surface area (Å²) in [6.07, 6.45) is 4.25. The van der Waals surface area contributed by atoms with Crippen molar-refractivity contribution in [1.82, 2.24) is 35.1 Å². The zero-order valence-corrected chi connectivity index (χ0v) is 32.7. The first kappa shape index (κ1) is 41.3. The largest absolute Gasteiger partial charge is 0.375 e. The van der Waals surface area contributed by atoms with Crippen LogP contribution in [0.1, 0.15) is 79.4 Å². The van der Waals surface area contributed by atoms with E-state index in [-0.39, 0.29) is 60.7 Å². The summed E-state index contributed by atoms with van der Waals surface area (Å²) in [4.78, 5) is 71.4. The molecule has 1 atom stereocenters.